The van der Waals surface area contributed by atoms with Crippen molar-refractivity contribution in [2.75, 3.05) is 43.5 Å². The molecule has 32 heavy (non-hydrogen) atoms. The smallest absolute Gasteiger partial charge is 0.390 e. The van der Waals surface area contributed by atoms with E-state index < -0.39 is 6.09 Å². The first-order chi connectivity index (χ1) is 15.6. The first kappa shape index (κ1) is 20.2. The highest BCUT2D eigenvalue weighted by atomic mass is 16.6. The van der Waals surface area contributed by atoms with Gasteiger partial charge in [0, 0.05) is 44.6 Å². The van der Waals surface area contributed by atoms with Crippen molar-refractivity contribution in [3.63, 3.8) is 0 Å². The summed E-state index contributed by atoms with van der Waals surface area (Å²) in [6.45, 7) is 2.78. The van der Waals surface area contributed by atoms with Gasteiger partial charge in [-0.15, -0.1) is 5.10 Å². The zero-order valence-electron chi connectivity index (χ0n) is 17.7. The molecule has 0 aromatic carbocycles. The molecule has 2 amide bonds. The van der Waals surface area contributed by atoms with E-state index in [0.717, 1.165) is 6.54 Å². The van der Waals surface area contributed by atoms with Crippen molar-refractivity contribution in [1.29, 1.82) is 0 Å². The highest BCUT2D eigenvalue weighted by Gasteiger charge is 2.26. The molecule has 3 aromatic heterocycles. The number of amides is 2. The van der Waals surface area contributed by atoms with Gasteiger partial charge in [0.1, 0.15) is 5.56 Å². The number of pyridine rings is 1. The van der Waals surface area contributed by atoms with Gasteiger partial charge >= 0.3 is 6.09 Å². The van der Waals surface area contributed by atoms with E-state index in [-0.39, 0.29) is 17.4 Å². The van der Waals surface area contributed by atoms with E-state index in [2.05, 4.69) is 25.8 Å². The van der Waals surface area contributed by atoms with Crippen molar-refractivity contribution in [2.24, 2.45) is 13.0 Å². The number of aryl methyl sites for hydroxylation is 1. The maximum absolute atomic E-state index is 12.8. The number of hydrogen-bond donors (Lipinski definition) is 2. The fourth-order valence-corrected chi connectivity index (χ4v) is 3.45. The normalized spacial score (nSPS) is 16.2. The molecule has 0 unspecified atom stereocenters. The molecule has 1 saturated carbocycles. The van der Waals surface area contributed by atoms with E-state index >= 15 is 0 Å². The summed E-state index contributed by atoms with van der Waals surface area (Å²) >= 11 is 0. The second kappa shape index (κ2) is 8.46. The molecule has 4 heterocycles. The van der Waals surface area contributed by atoms with Crippen LogP contribution >= 0.6 is 0 Å². The van der Waals surface area contributed by atoms with Crippen LogP contribution in [0.3, 0.4) is 0 Å². The molecule has 0 atom stereocenters. The van der Waals surface area contributed by atoms with Crippen LogP contribution in [-0.4, -0.2) is 74.1 Å². The summed E-state index contributed by atoms with van der Waals surface area (Å²) in [7, 11) is 1.61. The first-order valence-corrected chi connectivity index (χ1v) is 10.5. The molecule has 0 radical (unpaired) electrons. The summed E-state index contributed by atoms with van der Waals surface area (Å²) in [4.78, 5) is 31.4. The van der Waals surface area contributed by atoms with Gasteiger partial charge in [-0.2, -0.15) is 10.1 Å². The van der Waals surface area contributed by atoms with Gasteiger partial charge in [0.2, 0.25) is 11.8 Å². The molecular formula is C20H24N8O4. The van der Waals surface area contributed by atoms with Crippen LogP contribution in [-0.2, 0) is 11.8 Å². The lowest BCUT2D eigenvalue weighted by Gasteiger charge is -2.26. The molecule has 12 heteroatoms. The number of carbonyl (C=O) groups excluding carboxylic acids is 2. The maximum Gasteiger partial charge on any atom is 0.418 e. The summed E-state index contributed by atoms with van der Waals surface area (Å²) in [6, 6.07) is 3.39. The van der Waals surface area contributed by atoms with Crippen molar-refractivity contribution < 1.29 is 19.1 Å². The first-order valence-electron chi connectivity index (χ1n) is 10.5. The lowest BCUT2D eigenvalue weighted by atomic mass is 10.2. The Morgan fingerprint density at radius 1 is 1.28 bits per heavy atom. The van der Waals surface area contributed by atoms with Crippen LogP contribution < -0.4 is 15.4 Å². The number of morpholine rings is 1. The Balaban J connectivity index is 1.26. The van der Waals surface area contributed by atoms with Crippen molar-refractivity contribution in [3.05, 3.63) is 30.1 Å². The van der Waals surface area contributed by atoms with Crippen LogP contribution in [0.15, 0.2) is 24.5 Å². The van der Waals surface area contributed by atoms with Gasteiger partial charge in [-0.3, -0.25) is 10.1 Å². The number of rotatable bonds is 6. The van der Waals surface area contributed by atoms with Crippen molar-refractivity contribution in [3.8, 4) is 5.88 Å². The SMILES string of the molecule is Cn1ncc(C(=O)N2CCOCC2)c1OC(=O)Nc1ccn2nc(NCC3CC3)nc2c1. The molecule has 168 valence electrons. The number of fused-ring (bicyclic) bond motifs is 1. The van der Waals surface area contributed by atoms with Gasteiger partial charge in [-0.1, -0.05) is 0 Å². The van der Waals surface area contributed by atoms with Crippen LogP contribution in [0.2, 0.25) is 0 Å². The Morgan fingerprint density at radius 2 is 2.09 bits per heavy atom. The van der Waals surface area contributed by atoms with E-state index in [4.69, 9.17) is 9.47 Å². The number of nitrogens with zero attached hydrogens (tertiary/aromatic N) is 6. The fourth-order valence-electron chi connectivity index (χ4n) is 3.45. The molecule has 0 bridgehead atoms. The second-order valence-electron chi connectivity index (χ2n) is 7.88. The molecule has 1 aliphatic heterocycles. The summed E-state index contributed by atoms with van der Waals surface area (Å²) in [6.07, 6.45) is 4.86. The Hall–Kier alpha value is -3.67. The minimum absolute atomic E-state index is 0.0779. The van der Waals surface area contributed by atoms with Gasteiger partial charge in [0.15, 0.2) is 5.65 Å². The third kappa shape index (κ3) is 4.35. The summed E-state index contributed by atoms with van der Waals surface area (Å²) in [5.41, 5.74) is 1.31. The predicted molar refractivity (Wildman–Crippen MR) is 114 cm³/mol. The van der Waals surface area contributed by atoms with Crippen molar-refractivity contribution in [2.45, 2.75) is 12.8 Å². The summed E-state index contributed by atoms with van der Waals surface area (Å²) in [5.74, 6) is 1.09. The van der Waals surface area contributed by atoms with E-state index in [1.807, 2.05) is 0 Å². The number of anilines is 2. The topological polar surface area (TPSA) is 128 Å². The molecule has 2 N–H and O–H groups in total. The number of nitrogens with one attached hydrogen (secondary N) is 2. The van der Waals surface area contributed by atoms with Gasteiger partial charge in [-0.25, -0.2) is 14.0 Å². The zero-order chi connectivity index (χ0) is 22.1. The Morgan fingerprint density at radius 3 is 2.88 bits per heavy atom. The number of hydrogen-bond acceptors (Lipinski definition) is 8. The van der Waals surface area contributed by atoms with Crippen LogP contribution in [0.5, 0.6) is 5.88 Å². The number of carbonyl (C=O) groups is 2. The quantitative estimate of drug-likeness (QED) is 0.588. The average Bonchev–Trinajstić information content (AvgIpc) is 3.44. The van der Waals surface area contributed by atoms with E-state index in [1.165, 1.54) is 23.7 Å². The Labute approximate surface area is 183 Å². The number of ether oxygens (including phenoxy) is 2. The van der Waals surface area contributed by atoms with Crippen LogP contribution in [0.4, 0.5) is 16.4 Å². The van der Waals surface area contributed by atoms with Gasteiger partial charge in [-0.05, 0) is 24.8 Å². The third-order valence-corrected chi connectivity index (χ3v) is 5.43. The zero-order valence-corrected chi connectivity index (χ0v) is 17.7. The molecule has 1 saturated heterocycles. The van der Waals surface area contributed by atoms with Gasteiger partial charge in [0.25, 0.3) is 5.91 Å². The molecule has 0 spiro atoms. The molecule has 2 fully saturated rings. The molecule has 12 nitrogen and oxygen atoms in total. The minimum Gasteiger partial charge on any atom is -0.390 e. The molecular weight excluding hydrogens is 416 g/mol. The molecule has 1 aliphatic carbocycles. The van der Waals surface area contributed by atoms with E-state index in [0.29, 0.717) is 49.5 Å². The molecule has 2 aliphatic rings. The van der Waals surface area contributed by atoms with Gasteiger partial charge in [0.05, 0.1) is 19.4 Å². The van der Waals surface area contributed by atoms with Crippen LogP contribution in [0.1, 0.15) is 23.2 Å². The monoisotopic (exact) mass is 440 g/mol. The Kier molecular flexibility index (Phi) is 5.35. The maximum atomic E-state index is 12.8. The standard InChI is InChI=1S/C20H24N8O4/c1-26-18(15(12-22-26)17(29)27-6-8-31-9-7-27)32-20(30)23-14-4-5-28-16(10-14)24-19(25-28)21-11-13-2-3-13/h4-5,10,12-13H,2-3,6-9,11H2,1H3,(H,21,25)(H,23,30). The molecule has 3 aromatic rings. The molecule has 5 rings (SSSR count). The summed E-state index contributed by atoms with van der Waals surface area (Å²) in [5, 5.41) is 14.3. The van der Waals surface area contributed by atoms with Crippen molar-refractivity contribution >= 4 is 29.3 Å². The van der Waals surface area contributed by atoms with Crippen LogP contribution in [0.25, 0.3) is 5.65 Å². The predicted octanol–water partition coefficient (Wildman–Crippen LogP) is 1.37. The fraction of sp³-hybridized carbons (Fsp3) is 0.450. The van der Waals surface area contributed by atoms with Crippen molar-refractivity contribution in [1.82, 2.24) is 29.3 Å². The summed E-state index contributed by atoms with van der Waals surface area (Å²) < 4.78 is 13.7. The van der Waals surface area contributed by atoms with Gasteiger partial charge < -0.3 is 19.7 Å². The lowest BCUT2D eigenvalue weighted by molar-refractivity contribution is 0.0301. The van der Waals surface area contributed by atoms with E-state index in [9.17, 15) is 9.59 Å². The van der Waals surface area contributed by atoms with Crippen LogP contribution in [0, 0.1) is 5.92 Å². The average molecular weight is 440 g/mol. The Bertz CT molecular complexity index is 1150. The minimum atomic E-state index is -0.736. The third-order valence-electron chi connectivity index (χ3n) is 5.43. The second-order valence-corrected chi connectivity index (χ2v) is 7.88. The number of aromatic nitrogens is 5. The highest BCUT2D eigenvalue weighted by molar-refractivity contribution is 5.97. The van der Waals surface area contributed by atoms with E-state index in [1.54, 1.807) is 34.8 Å². The lowest BCUT2D eigenvalue weighted by Crippen LogP contribution is -2.40. The highest BCUT2D eigenvalue weighted by Crippen LogP contribution is 2.28. The largest absolute Gasteiger partial charge is 0.418 e.